The zero-order valence-electron chi connectivity index (χ0n) is 14.4. The lowest BCUT2D eigenvalue weighted by molar-refractivity contribution is 0.0960. The minimum absolute atomic E-state index is 0.131. The third-order valence-corrected chi connectivity index (χ3v) is 3.40. The molecule has 0 spiro atoms. The second-order valence-electron chi connectivity index (χ2n) is 4.95. The van der Waals surface area contributed by atoms with Gasteiger partial charge in [-0.05, 0) is 36.4 Å². The number of benzene rings is 2. The maximum atomic E-state index is 11.8. The first kappa shape index (κ1) is 18.1. The summed E-state index contributed by atoms with van der Waals surface area (Å²) in [6.45, 7) is 4.00. The van der Waals surface area contributed by atoms with Crippen LogP contribution in [0.3, 0.4) is 0 Å². The average Bonchev–Trinajstić information content (AvgIpc) is 2.64. The quantitative estimate of drug-likeness (QED) is 0.632. The van der Waals surface area contributed by atoms with E-state index in [2.05, 4.69) is 10.3 Å². The molecule has 3 aromatic rings. The van der Waals surface area contributed by atoms with Crippen molar-refractivity contribution < 1.29 is 14.6 Å². The predicted molar refractivity (Wildman–Crippen MR) is 99.1 cm³/mol. The van der Waals surface area contributed by atoms with E-state index >= 15 is 0 Å². The van der Waals surface area contributed by atoms with E-state index < -0.39 is 0 Å². The van der Waals surface area contributed by atoms with Gasteiger partial charge in [0.15, 0.2) is 0 Å². The molecule has 0 saturated carbocycles. The summed E-state index contributed by atoms with van der Waals surface area (Å²) in [5.41, 5.74) is 6.99. The molecule has 6 nitrogen and oxygen atoms in total. The standard InChI is InChI=1S/C17H15N3O3.C2H6/c1-19-17(22)13-8-12-14(9-15(13)21)20-7-6-16(12)23-11-4-2-10(18)3-5-11;1-2/h2-9,21H,18H2,1H3,(H,19,22);1-2H3. The lowest BCUT2D eigenvalue weighted by Crippen LogP contribution is -2.17. The summed E-state index contributed by atoms with van der Waals surface area (Å²) in [6.07, 6.45) is 1.58. The molecule has 0 radical (unpaired) electrons. The fourth-order valence-electron chi connectivity index (χ4n) is 2.22. The molecule has 0 atom stereocenters. The number of pyridine rings is 1. The highest BCUT2D eigenvalue weighted by Gasteiger charge is 2.14. The van der Waals surface area contributed by atoms with Crippen LogP contribution in [-0.2, 0) is 0 Å². The molecule has 0 aliphatic rings. The van der Waals surface area contributed by atoms with Gasteiger partial charge in [0, 0.05) is 30.4 Å². The molecule has 1 aromatic heterocycles. The molecule has 2 aromatic carbocycles. The molecule has 0 aliphatic heterocycles. The number of hydrogen-bond acceptors (Lipinski definition) is 5. The zero-order chi connectivity index (χ0) is 18.4. The van der Waals surface area contributed by atoms with Gasteiger partial charge in [-0.2, -0.15) is 0 Å². The summed E-state index contributed by atoms with van der Waals surface area (Å²) >= 11 is 0. The van der Waals surface area contributed by atoms with Crippen LogP contribution in [-0.4, -0.2) is 23.0 Å². The summed E-state index contributed by atoms with van der Waals surface area (Å²) in [4.78, 5) is 16.0. The summed E-state index contributed by atoms with van der Waals surface area (Å²) in [6, 6.07) is 11.7. The van der Waals surface area contributed by atoms with Gasteiger partial charge in [0.05, 0.1) is 11.1 Å². The highest BCUT2D eigenvalue weighted by molar-refractivity contribution is 6.01. The Bertz CT molecular complexity index is 877. The number of ether oxygens (including phenoxy) is 1. The molecule has 3 rings (SSSR count). The van der Waals surface area contributed by atoms with Gasteiger partial charge in [-0.1, -0.05) is 13.8 Å². The number of nitrogens with one attached hydrogen (secondary N) is 1. The summed E-state index contributed by atoms with van der Waals surface area (Å²) in [5, 5.41) is 13.1. The number of phenolic OH excluding ortho intramolecular Hbond substituents is 1. The number of phenols is 1. The van der Waals surface area contributed by atoms with Crippen molar-refractivity contribution in [2.45, 2.75) is 13.8 Å². The molecule has 6 heteroatoms. The van der Waals surface area contributed by atoms with Crippen molar-refractivity contribution in [2.24, 2.45) is 0 Å². The first-order chi connectivity index (χ1) is 12.1. The largest absolute Gasteiger partial charge is 0.507 e. The SMILES string of the molecule is CC.CNC(=O)c1cc2c(Oc3ccc(N)cc3)ccnc2cc1O. The van der Waals surface area contributed by atoms with E-state index in [4.69, 9.17) is 10.5 Å². The highest BCUT2D eigenvalue weighted by atomic mass is 16.5. The molecule has 130 valence electrons. The Kier molecular flexibility index (Phi) is 5.79. The maximum absolute atomic E-state index is 11.8. The average molecular weight is 339 g/mol. The monoisotopic (exact) mass is 339 g/mol. The Balaban J connectivity index is 0.00000109. The smallest absolute Gasteiger partial charge is 0.254 e. The van der Waals surface area contributed by atoms with Crippen molar-refractivity contribution in [2.75, 3.05) is 12.8 Å². The number of nitrogen functional groups attached to an aromatic ring is 1. The normalized spacial score (nSPS) is 9.88. The van der Waals surface area contributed by atoms with Gasteiger partial charge in [0.25, 0.3) is 5.91 Å². The summed E-state index contributed by atoms with van der Waals surface area (Å²) in [5.74, 6) is 0.631. The van der Waals surface area contributed by atoms with Gasteiger partial charge in [-0.25, -0.2) is 0 Å². The van der Waals surface area contributed by atoms with Gasteiger partial charge in [-0.15, -0.1) is 0 Å². The van der Waals surface area contributed by atoms with Gasteiger partial charge in [0.1, 0.15) is 17.2 Å². The first-order valence-corrected chi connectivity index (χ1v) is 7.95. The number of nitrogens with zero attached hydrogens (tertiary/aromatic N) is 1. The number of rotatable bonds is 3. The maximum Gasteiger partial charge on any atom is 0.254 e. The molecule has 1 amide bonds. The minimum atomic E-state index is -0.383. The lowest BCUT2D eigenvalue weighted by atomic mass is 10.1. The van der Waals surface area contributed by atoms with Crippen molar-refractivity contribution in [3.63, 3.8) is 0 Å². The number of nitrogens with two attached hydrogens (primary N) is 1. The van der Waals surface area contributed by atoms with E-state index in [0.717, 1.165) is 0 Å². The minimum Gasteiger partial charge on any atom is -0.507 e. The zero-order valence-corrected chi connectivity index (χ0v) is 14.4. The van der Waals surface area contributed by atoms with E-state index in [1.807, 2.05) is 13.8 Å². The number of fused-ring (bicyclic) bond motifs is 1. The molecule has 0 aliphatic carbocycles. The van der Waals surface area contributed by atoms with Crippen LogP contribution < -0.4 is 15.8 Å². The lowest BCUT2D eigenvalue weighted by Gasteiger charge is -2.11. The van der Waals surface area contributed by atoms with Gasteiger partial charge in [0.2, 0.25) is 0 Å². The number of carbonyl (C=O) groups is 1. The van der Waals surface area contributed by atoms with Crippen molar-refractivity contribution >= 4 is 22.5 Å². The molecule has 0 bridgehead atoms. The fourth-order valence-corrected chi connectivity index (χ4v) is 2.22. The molecule has 0 fully saturated rings. The molecular weight excluding hydrogens is 318 g/mol. The van der Waals surface area contributed by atoms with Crippen molar-refractivity contribution in [3.8, 4) is 17.2 Å². The first-order valence-electron chi connectivity index (χ1n) is 7.95. The molecular formula is C19H21N3O3. The molecule has 0 unspecified atom stereocenters. The fraction of sp³-hybridized carbons (Fsp3) is 0.158. The summed E-state index contributed by atoms with van der Waals surface area (Å²) < 4.78 is 5.85. The second-order valence-corrected chi connectivity index (χ2v) is 4.95. The Morgan fingerprint density at radius 2 is 1.84 bits per heavy atom. The van der Waals surface area contributed by atoms with E-state index in [9.17, 15) is 9.90 Å². The summed E-state index contributed by atoms with van der Waals surface area (Å²) in [7, 11) is 1.50. The number of hydrogen-bond donors (Lipinski definition) is 3. The molecule has 1 heterocycles. The number of amides is 1. The van der Waals surface area contributed by atoms with E-state index in [1.165, 1.54) is 13.1 Å². The van der Waals surface area contributed by atoms with Crippen LogP contribution >= 0.6 is 0 Å². The molecule has 4 N–H and O–H groups in total. The number of anilines is 1. The third-order valence-electron chi connectivity index (χ3n) is 3.40. The topological polar surface area (TPSA) is 97.5 Å². The predicted octanol–water partition coefficient (Wildman–Crippen LogP) is 3.70. The Morgan fingerprint density at radius 3 is 2.48 bits per heavy atom. The van der Waals surface area contributed by atoms with Crippen LogP contribution in [0, 0.1) is 0 Å². The van der Waals surface area contributed by atoms with Crippen molar-refractivity contribution in [1.29, 1.82) is 0 Å². The van der Waals surface area contributed by atoms with Crippen LogP contribution in [0.25, 0.3) is 10.9 Å². The van der Waals surface area contributed by atoms with Crippen molar-refractivity contribution in [1.82, 2.24) is 10.3 Å². The number of aromatic nitrogens is 1. The van der Waals surface area contributed by atoms with E-state index in [-0.39, 0.29) is 17.2 Å². The van der Waals surface area contributed by atoms with Crippen LogP contribution in [0.5, 0.6) is 17.2 Å². The number of carbonyl (C=O) groups excluding carboxylic acids is 1. The Hall–Kier alpha value is -3.28. The van der Waals surface area contributed by atoms with Crippen LogP contribution in [0.4, 0.5) is 5.69 Å². The third kappa shape index (κ3) is 3.98. The van der Waals surface area contributed by atoms with Crippen molar-refractivity contribution in [3.05, 3.63) is 54.2 Å². The highest BCUT2D eigenvalue weighted by Crippen LogP contribution is 2.32. The van der Waals surface area contributed by atoms with Crippen LogP contribution in [0.2, 0.25) is 0 Å². The molecule has 25 heavy (non-hydrogen) atoms. The van der Waals surface area contributed by atoms with E-state index in [1.54, 1.807) is 42.6 Å². The van der Waals surface area contributed by atoms with E-state index in [0.29, 0.717) is 28.1 Å². The Labute approximate surface area is 146 Å². The van der Waals surface area contributed by atoms with Gasteiger partial charge < -0.3 is 20.9 Å². The van der Waals surface area contributed by atoms with Gasteiger partial charge in [-0.3, -0.25) is 9.78 Å². The van der Waals surface area contributed by atoms with Gasteiger partial charge >= 0.3 is 0 Å². The van der Waals surface area contributed by atoms with Crippen LogP contribution in [0.1, 0.15) is 24.2 Å². The Morgan fingerprint density at radius 1 is 1.16 bits per heavy atom. The number of aromatic hydroxyl groups is 1. The van der Waals surface area contributed by atoms with Crippen LogP contribution in [0.15, 0.2) is 48.7 Å². The second kappa shape index (κ2) is 8.01. The molecule has 0 saturated heterocycles.